The van der Waals surface area contributed by atoms with Crippen LogP contribution in [0.4, 0.5) is 26.1 Å². The van der Waals surface area contributed by atoms with E-state index >= 15 is 4.39 Å². The molecule has 1 aliphatic rings. The topological polar surface area (TPSA) is 114 Å². The Labute approximate surface area is 226 Å². The standard InChI is InChI=1S/C27H23F2N9O2/c1-16-21(40-18-7-8-38-23(13-18)31-15-33-38)5-3-19(24(16)29)34-26-25-20(30-14-32-26)4-6-22(35-25)36-9-11-37(12-10-36)27(39)17(2)28/h3-8,13-15H,2,9-12H2,1H3,(H,30,32,34). The van der Waals surface area contributed by atoms with Crippen LogP contribution < -0.4 is 15.0 Å². The van der Waals surface area contributed by atoms with E-state index in [9.17, 15) is 9.18 Å². The molecule has 40 heavy (non-hydrogen) atoms. The third kappa shape index (κ3) is 4.72. The molecule has 5 aromatic rings. The molecule has 0 radical (unpaired) electrons. The highest BCUT2D eigenvalue weighted by Crippen LogP contribution is 2.33. The lowest BCUT2D eigenvalue weighted by Crippen LogP contribution is -2.49. The normalized spacial score (nSPS) is 13.6. The first-order valence-electron chi connectivity index (χ1n) is 12.4. The van der Waals surface area contributed by atoms with Gasteiger partial charge >= 0.3 is 0 Å². The Bertz CT molecular complexity index is 1770. The number of anilines is 3. The summed E-state index contributed by atoms with van der Waals surface area (Å²) in [7, 11) is 0. The predicted octanol–water partition coefficient (Wildman–Crippen LogP) is 4.18. The Morgan fingerprint density at radius 2 is 1.88 bits per heavy atom. The summed E-state index contributed by atoms with van der Waals surface area (Å²) < 4.78 is 36.2. The van der Waals surface area contributed by atoms with Gasteiger partial charge in [0.1, 0.15) is 35.5 Å². The second kappa shape index (κ2) is 10.2. The summed E-state index contributed by atoms with van der Waals surface area (Å²) in [6, 6.07) is 10.3. The average Bonchev–Trinajstić information content (AvgIpc) is 3.44. The number of rotatable bonds is 6. The molecular weight excluding hydrogens is 520 g/mol. The van der Waals surface area contributed by atoms with Gasteiger partial charge in [0.05, 0.1) is 11.2 Å². The van der Waals surface area contributed by atoms with Crippen molar-refractivity contribution in [3.05, 3.63) is 79.0 Å². The van der Waals surface area contributed by atoms with Gasteiger partial charge < -0.3 is 19.9 Å². The van der Waals surface area contributed by atoms with Gasteiger partial charge in [-0.15, -0.1) is 0 Å². The van der Waals surface area contributed by atoms with E-state index in [1.54, 1.807) is 48.0 Å². The number of halogens is 2. The smallest absolute Gasteiger partial charge is 0.282 e. The van der Waals surface area contributed by atoms with Crippen molar-refractivity contribution in [3.63, 3.8) is 0 Å². The summed E-state index contributed by atoms with van der Waals surface area (Å²) in [4.78, 5) is 32.7. The van der Waals surface area contributed by atoms with E-state index in [2.05, 4.69) is 31.9 Å². The second-order valence-corrected chi connectivity index (χ2v) is 9.15. The molecule has 202 valence electrons. The molecule has 0 atom stereocenters. The highest BCUT2D eigenvalue weighted by molar-refractivity contribution is 5.91. The zero-order chi connectivity index (χ0) is 27.8. The van der Waals surface area contributed by atoms with Crippen molar-refractivity contribution in [3.8, 4) is 11.5 Å². The molecule has 1 aromatic carbocycles. The molecule has 1 aliphatic heterocycles. The van der Waals surface area contributed by atoms with Gasteiger partial charge in [0.25, 0.3) is 5.91 Å². The molecule has 0 aliphatic carbocycles. The van der Waals surface area contributed by atoms with Crippen LogP contribution in [0.2, 0.25) is 0 Å². The molecule has 4 aromatic heterocycles. The fourth-order valence-corrected chi connectivity index (χ4v) is 4.50. The molecule has 13 heteroatoms. The first-order chi connectivity index (χ1) is 19.4. The number of carbonyl (C=O) groups is 1. The molecule has 11 nitrogen and oxygen atoms in total. The van der Waals surface area contributed by atoms with Crippen molar-refractivity contribution in [2.24, 2.45) is 0 Å². The molecular formula is C27H23F2N9O2. The van der Waals surface area contributed by atoms with Gasteiger partial charge in [-0.25, -0.2) is 33.2 Å². The van der Waals surface area contributed by atoms with E-state index in [-0.39, 0.29) is 5.69 Å². The maximum absolute atomic E-state index is 15.5. The van der Waals surface area contributed by atoms with Crippen LogP contribution in [0.1, 0.15) is 5.56 Å². The molecule has 1 N–H and O–H groups in total. The number of fused-ring (bicyclic) bond motifs is 2. The summed E-state index contributed by atoms with van der Waals surface area (Å²) in [6.45, 7) is 6.32. The number of nitrogens with one attached hydrogen (secondary N) is 1. The SMILES string of the molecule is C=C(F)C(=O)N1CCN(c2ccc3ncnc(Nc4ccc(Oc5ccn6ncnc6c5)c(C)c4F)c3n2)CC1. The van der Waals surface area contributed by atoms with Crippen LogP contribution in [-0.4, -0.2) is 66.5 Å². The molecule has 6 rings (SSSR count). The molecule has 1 amide bonds. The van der Waals surface area contributed by atoms with Gasteiger partial charge in [-0.1, -0.05) is 6.58 Å². The van der Waals surface area contributed by atoms with Gasteiger partial charge in [0, 0.05) is 44.0 Å². The minimum atomic E-state index is -0.972. The van der Waals surface area contributed by atoms with Crippen molar-refractivity contribution in [2.75, 3.05) is 36.4 Å². The first kappa shape index (κ1) is 25.1. The minimum absolute atomic E-state index is 0.198. The van der Waals surface area contributed by atoms with Crippen LogP contribution in [-0.2, 0) is 4.79 Å². The number of carbonyl (C=O) groups excluding carboxylic acids is 1. The Hall–Kier alpha value is -5.20. The fraction of sp³-hybridized carbons (Fsp3) is 0.185. The lowest BCUT2D eigenvalue weighted by molar-refractivity contribution is -0.128. The average molecular weight is 544 g/mol. The number of benzene rings is 1. The summed E-state index contributed by atoms with van der Waals surface area (Å²) >= 11 is 0. The number of aromatic nitrogens is 6. The third-order valence-corrected chi connectivity index (χ3v) is 6.66. The molecule has 5 heterocycles. The van der Waals surface area contributed by atoms with Crippen LogP contribution in [0.15, 0.2) is 67.7 Å². The zero-order valence-electron chi connectivity index (χ0n) is 21.4. The van der Waals surface area contributed by atoms with Crippen LogP contribution in [0.5, 0.6) is 11.5 Å². The first-order valence-corrected chi connectivity index (χ1v) is 12.4. The third-order valence-electron chi connectivity index (χ3n) is 6.66. The predicted molar refractivity (Wildman–Crippen MR) is 144 cm³/mol. The van der Waals surface area contributed by atoms with Crippen molar-refractivity contribution < 1.29 is 18.3 Å². The second-order valence-electron chi connectivity index (χ2n) is 9.15. The summed E-state index contributed by atoms with van der Waals surface area (Å²) in [5.74, 6) is -0.341. The van der Waals surface area contributed by atoms with Crippen LogP contribution in [0, 0.1) is 12.7 Å². The van der Waals surface area contributed by atoms with E-state index in [1.165, 1.54) is 17.6 Å². The van der Waals surface area contributed by atoms with Crippen LogP contribution in [0.3, 0.4) is 0 Å². The highest BCUT2D eigenvalue weighted by Gasteiger charge is 2.24. The Kier molecular flexibility index (Phi) is 6.38. The molecule has 1 fully saturated rings. The maximum Gasteiger partial charge on any atom is 0.282 e. The fourth-order valence-electron chi connectivity index (χ4n) is 4.50. The minimum Gasteiger partial charge on any atom is -0.457 e. The largest absolute Gasteiger partial charge is 0.457 e. The zero-order valence-corrected chi connectivity index (χ0v) is 21.4. The van der Waals surface area contributed by atoms with E-state index in [0.29, 0.717) is 71.6 Å². The maximum atomic E-state index is 15.5. The van der Waals surface area contributed by atoms with Gasteiger partial charge in [-0.2, -0.15) is 5.10 Å². The van der Waals surface area contributed by atoms with E-state index in [1.807, 2.05) is 11.0 Å². The molecule has 1 saturated heterocycles. The quantitative estimate of drug-likeness (QED) is 0.315. The van der Waals surface area contributed by atoms with Gasteiger partial charge in [-0.05, 0) is 37.3 Å². The Morgan fingerprint density at radius 1 is 1.05 bits per heavy atom. The van der Waals surface area contributed by atoms with Gasteiger partial charge in [-0.3, -0.25) is 4.79 Å². The van der Waals surface area contributed by atoms with Crippen molar-refractivity contribution in [1.29, 1.82) is 0 Å². The molecule has 0 spiro atoms. The number of ether oxygens (including phenoxy) is 1. The summed E-state index contributed by atoms with van der Waals surface area (Å²) in [5, 5.41) is 7.10. The Morgan fingerprint density at radius 3 is 2.67 bits per heavy atom. The number of amides is 1. The molecule has 0 saturated carbocycles. The number of piperazine rings is 1. The van der Waals surface area contributed by atoms with E-state index < -0.39 is 17.6 Å². The summed E-state index contributed by atoms with van der Waals surface area (Å²) in [5.41, 5.74) is 2.14. The van der Waals surface area contributed by atoms with Crippen molar-refractivity contribution in [1.82, 2.24) is 34.4 Å². The Balaban J connectivity index is 1.23. The summed E-state index contributed by atoms with van der Waals surface area (Å²) in [6.07, 6.45) is 4.53. The number of hydrogen-bond donors (Lipinski definition) is 1. The highest BCUT2D eigenvalue weighted by atomic mass is 19.1. The number of nitrogens with zero attached hydrogens (tertiary/aromatic N) is 8. The van der Waals surface area contributed by atoms with E-state index in [0.717, 1.165) is 0 Å². The molecule has 0 bridgehead atoms. The number of hydrogen-bond acceptors (Lipinski definition) is 9. The lowest BCUT2D eigenvalue weighted by Gasteiger charge is -2.35. The van der Waals surface area contributed by atoms with Gasteiger partial charge in [0.2, 0.25) is 0 Å². The monoisotopic (exact) mass is 543 g/mol. The van der Waals surface area contributed by atoms with Crippen molar-refractivity contribution in [2.45, 2.75) is 6.92 Å². The van der Waals surface area contributed by atoms with Crippen LogP contribution >= 0.6 is 0 Å². The van der Waals surface area contributed by atoms with Crippen molar-refractivity contribution >= 4 is 39.9 Å². The van der Waals surface area contributed by atoms with Gasteiger partial charge in [0.15, 0.2) is 23.1 Å². The number of pyridine rings is 2. The molecule has 0 unspecified atom stereocenters. The van der Waals surface area contributed by atoms with Crippen LogP contribution in [0.25, 0.3) is 16.7 Å². The van der Waals surface area contributed by atoms with E-state index in [4.69, 9.17) is 9.72 Å². The lowest BCUT2D eigenvalue weighted by atomic mass is 10.1.